The van der Waals surface area contributed by atoms with Crippen molar-refractivity contribution in [1.29, 1.82) is 0 Å². The molecular formula is C14H16N4O4. The van der Waals surface area contributed by atoms with Gasteiger partial charge in [-0.05, 0) is 6.42 Å². The van der Waals surface area contributed by atoms with Gasteiger partial charge in [-0.25, -0.2) is 4.98 Å². The molecule has 0 aliphatic carbocycles. The van der Waals surface area contributed by atoms with Crippen molar-refractivity contribution in [2.75, 3.05) is 0 Å². The van der Waals surface area contributed by atoms with Gasteiger partial charge in [-0.2, -0.15) is 0 Å². The van der Waals surface area contributed by atoms with E-state index in [0.29, 0.717) is 5.69 Å². The van der Waals surface area contributed by atoms with E-state index >= 15 is 0 Å². The van der Waals surface area contributed by atoms with E-state index in [1.54, 1.807) is 0 Å². The minimum atomic E-state index is -0.956. The highest BCUT2D eigenvalue weighted by atomic mass is 16.2. The minimum absolute atomic E-state index is 0.0767. The molecule has 0 saturated carbocycles. The maximum Gasteiger partial charge on any atom is 0.281 e. The molecule has 116 valence electrons. The molecule has 1 N–H and O–H groups in total. The summed E-state index contributed by atoms with van der Waals surface area (Å²) in [5.74, 6) is -2.17. The lowest BCUT2D eigenvalue weighted by Gasteiger charge is -2.33. The van der Waals surface area contributed by atoms with Crippen LogP contribution in [-0.4, -0.2) is 44.5 Å². The number of imide groups is 2. The Morgan fingerprint density at radius 2 is 1.82 bits per heavy atom. The van der Waals surface area contributed by atoms with E-state index in [4.69, 9.17) is 0 Å². The van der Waals surface area contributed by atoms with Gasteiger partial charge in [0, 0.05) is 18.8 Å². The third-order valence-corrected chi connectivity index (χ3v) is 3.30. The number of amides is 4. The summed E-state index contributed by atoms with van der Waals surface area (Å²) in [6.45, 7) is 4.00. The average molecular weight is 304 g/mol. The molecule has 0 radical (unpaired) electrons. The summed E-state index contributed by atoms with van der Waals surface area (Å²) in [7, 11) is 0. The van der Waals surface area contributed by atoms with Gasteiger partial charge in [0.15, 0.2) is 5.69 Å². The average Bonchev–Trinajstić information content (AvgIpc) is 2.51. The maximum atomic E-state index is 12.3. The summed E-state index contributed by atoms with van der Waals surface area (Å²) >= 11 is 0. The van der Waals surface area contributed by atoms with Gasteiger partial charge in [-0.3, -0.25) is 34.4 Å². The van der Waals surface area contributed by atoms with E-state index in [1.165, 1.54) is 12.4 Å². The van der Waals surface area contributed by atoms with Crippen LogP contribution in [0.2, 0.25) is 0 Å². The Balaban J connectivity index is 0.000000847. The maximum absolute atomic E-state index is 12.3. The zero-order chi connectivity index (χ0) is 16.3. The summed E-state index contributed by atoms with van der Waals surface area (Å²) in [4.78, 5) is 56.0. The normalized spacial score (nSPS) is 20.8. The van der Waals surface area contributed by atoms with Crippen molar-refractivity contribution in [2.24, 2.45) is 0 Å². The summed E-state index contributed by atoms with van der Waals surface area (Å²) in [6.07, 6.45) is 2.92. The Labute approximate surface area is 126 Å². The Morgan fingerprint density at radius 3 is 2.50 bits per heavy atom. The number of piperidine rings is 1. The Kier molecular flexibility index (Phi) is 4.59. The summed E-state index contributed by atoms with van der Waals surface area (Å²) < 4.78 is 0. The quantitative estimate of drug-likeness (QED) is 0.722. The highest BCUT2D eigenvalue weighted by molar-refractivity contribution is 6.12. The van der Waals surface area contributed by atoms with Crippen LogP contribution in [0.3, 0.4) is 0 Å². The van der Waals surface area contributed by atoms with Gasteiger partial charge in [0.25, 0.3) is 5.91 Å². The van der Waals surface area contributed by atoms with Crippen LogP contribution in [0.1, 0.15) is 42.9 Å². The van der Waals surface area contributed by atoms with Crippen molar-refractivity contribution in [3.8, 4) is 0 Å². The first-order valence-corrected chi connectivity index (χ1v) is 7.08. The molecule has 3 heterocycles. The van der Waals surface area contributed by atoms with E-state index in [1.807, 2.05) is 13.8 Å². The molecule has 3 rings (SSSR count). The zero-order valence-electron chi connectivity index (χ0n) is 12.3. The van der Waals surface area contributed by atoms with Crippen molar-refractivity contribution < 1.29 is 19.2 Å². The van der Waals surface area contributed by atoms with E-state index < -0.39 is 29.7 Å². The zero-order valence-corrected chi connectivity index (χ0v) is 12.3. The molecule has 1 aromatic rings. The number of carbonyl (C=O) groups is 4. The third-order valence-electron chi connectivity index (χ3n) is 3.30. The topological polar surface area (TPSA) is 109 Å². The lowest BCUT2D eigenvalue weighted by molar-refractivity contribution is -0.143. The van der Waals surface area contributed by atoms with E-state index in [-0.39, 0.29) is 25.0 Å². The summed E-state index contributed by atoms with van der Waals surface area (Å²) in [6, 6.07) is -0.956. The van der Waals surface area contributed by atoms with E-state index in [9.17, 15) is 19.2 Å². The van der Waals surface area contributed by atoms with Gasteiger partial charge in [0.2, 0.25) is 17.7 Å². The molecule has 1 saturated heterocycles. The smallest absolute Gasteiger partial charge is 0.281 e. The van der Waals surface area contributed by atoms with Gasteiger partial charge in [-0.15, -0.1) is 0 Å². The van der Waals surface area contributed by atoms with Crippen molar-refractivity contribution in [3.05, 3.63) is 23.8 Å². The summed E-state index contributed by atoms with van der Waals surface area (Å²) in [5, 5.41) is 2.13. The second-order valence-electron chi connectivity index (χ2n) is 4.56. The molecular weight excluding hydrogens is 288 g/mol. The lowest BCUT2D eigenvalue weighted by atomic mass is 10.00. The Morgan fingerprint density at radius 1 is 1.14 bits per heavy atom. The lowest BCUT2D eigenvalue weighted by Crippen LogP contribution is -2.58. The number of nitrogens with zero attached hydrogens (tertiary/aromatic N) is 3. The molecule has 0 aromatic carbocycles. The Bertz CT molecular complexity index is 643. The van der Waals surface area contributed by atoms with Crippen LogP contribution in [0.25, 0.3) is 0 Å². The molecule has 1 unspecified atom stereocenters. The fraction of sp³-hybridized carbons (Fsp3) is 0.429. The second kappa shape index (κ2) is 6.42. The van der Waals surface area contributed by atoms with Gasteiger partial charge < -0.3 is 0 Å². The van der Waals surface area contributed by atoms with Gasteiger partial charge in [0.05, 0.1) is 12.1 Å². The predicted molar refractivity (Wildman–Crippen MR) is 74.4 cm³/mol. The fourth-order valence-electron chi connectivity index (χ4n) is 2.37. The van der Waals surface area contributed by atoms with Gasteiger partial charge in [-0.1, -0.05) is 13.8 Å². The van der Waals surface area contributed by atoms with Crippen molar-refractivity contribution in [2.45, 2.75) is 39.2 Å². The van der Waals surface area contributed by atoms with Gasteiger partial charge in [0.1, 0.15) is 6.04 Å². The Hall–Kier alpha value is -2.64. The fourth-order valence-corrected chi connectivity index (χ4v) is 2.37. The number of aromatic nitrogens is 2. The van der Waals surface area contributed by atoms with Crippen LogP contribution in [-0.2, 0) is 20.8 Å². The second-order valence-corrected chi connectivity index (χ2v) is 4.56. The van der Waals surface area contributed by atoms with E-state index in [2.05, 4.69) is 15.3 Å². The molecule has 0 spiro atoms. The molecule has 22 heavy (non-hydrogen) atoms. The largest absolute Gasteiger partial charge is 0.295 e. The molecule has 2 aliphatic rings. The minimum Gasteiger partial charge on any atom is -0.295 e. The summed E-state index contributed by atoms with van der Waals surface area (Å²) in [5.41, 5.74) is 0.392. The highest BCUT2D eigenvalue weighted by Gasteiger charge is 2.42. The third kappa shape index (κ3) is 2.72. The van der Waals surface area contributed by atoms with Crippen LogP contribution >= 0.6 is 0 Å². The SMILES string of the molecule is CC.O=C1CCC(N2C(=O)Cc3nccnc3C2=O)C(=O)N1. The van der Waals surface area contributed by atoms with Crippen molar-refractivity contribution in [1.82, 2.24) is 20.2 Å². The number of hydrogen-bond acceptors (Lipinski definition) is 6. The molecule has 1 atom stereocenters. The predicted octanol–water partition coefficient (Wildman–Crippen LogP) is -0.167. The molecule has 1 aromatic heterocycles. The standard InChI is InChI=1S/C12H10N4O4.C2H6/c17-8-2-1-7(11(19)15-8)16-9(18)5-6-10(12(16)20)14-4-3-13-6;1-2/h3-4,7H,1-2,5H2,(H,15,17,19);1-2H3. The van der Waals surface area contributed by atoms with Crippen LogP contribution < -0.4 is 5.32 Å². The van der Waals surface area contributed by atoms with Gasteiger partial charge >= 0.3 is 0 Å². The number of fused-ring (bicyclic) bond motifs is 1. The molecule has 4 amide bonds. The van der Waals surface area contributed by atoms with Crippen molar-refractivity contribution >= 4 is 23.6 Å². The van der Waals surface area contributed by atoms with E-state index in [0.717, 1.165) is 4.90 Å². The molecule has 8 nitrogen and oxygen atoms in total. The van der Waals surface area contributed by atoms with Crippen LogP contribution in [0, 0.1) is 0 Å². The number of nitrogens with one attached hydrogen (secondary N) is 1. The number of carbonyl (C=O) groups excluding carboxylic acids is 4. The molecule has 2 aliphatic heterocycles. The molecule has 1 fully saturated rings. The first kappa shape index (κ1) is 15.7. The number of hydrogen-bond donors (Lipinski definition) is 1. The molecule has 8 heteroatoms. The highest BCUT2D eigenvalue weighted by Crippen LogP contribution is 2.21. The first-order chi connectivity index (χ1) is 10.6. The number of rotatable bonds is 1. The van der Waals surface area contributed by atoms with Crippen LogP contribution in [0.15, 0.2) is 12.4 Å². The van der Waals surface area contributed by atoms with Crippen LogP contribution in [0.4, 0.5) is 0 Å². The molecule has 0 bridgehead atoms. The van der Waals surface area contributed by atoms with Crippen LogP contribution in [0.5, 0.6) is 0 Å². The van der Waals surface area contributed by atoms with Crippen molar-refractivity contribution in [3.63, 3.8) is 0 Å². The first-order valence-electron chi connectivity index (χ1n) is 7.08. The monoisotopic (exact) mass is 304 g/mol.